The van der Waals surface area contributed by atoms with Crippen molar-refractivity contribution in [3.05, 3.63) is 35.4 Å². The second kappa shape index (κ2) is 9.36. The summed E-state index contributed by atoms with van der Waals surface area (Å²) in [5.74, 6) is 0.466. The molecule has 1 aliphatic rings. The maximum Gasteiger partial charge on any atom is 0.191 e. The fourth-order valence-corrected chi connectivity index (χ4v) is 2.53. The van der Waals surface area contributed by atoms with Gasteiger partial charge in [0.2, 0.25) is 0 Å². The highest BCUT2D eigenvalue weighted by molar-refractivity contribution is 14.0. The Bertz CT molecular complexity index is 531. The molecule has 0 spiro atoms. The summed E-state index contributed by atoms with van der Waals surface area (Å²) in [5, 5.41) is 6.28. The Kier molecular flexibility index (Phi) is 8.18. The van der Waals surface area contributed by atoms with Crippen LogP contribution in [0.2, 0.25) is 0 Å². The molecule has 1 aliphatic carbocycles. The molecule has 0 radical (unpaired) electrons. The van der Waals surface area contributed by atoms with Crippen LogP contribution < -0.4 is 10.6 Å². The van der Waals surface area contributed by atoms with Crippen LogP contribution in [0.4, 0.5) is 8.78 Å². The average molecular weight is 438 g/mol. The van der Waals surface area contributed by atoms with Gasteiger partial charge in [0.1, 0.15) is 11.6 Å². The maximum atomic E-state index is 13.6. The van der Waals surface area contributed by atoms with Crippen molar-refractivity contribution in [3.8, 4) is 0 Å². The number of halogens is 3. The fourth-order valence-electron chi connectivity index (χ4n) is 2.53. The molecule has 23 heavy (non-hydrogen) atoms. The first-order valence-corrected chi connectivity index (χ1v) is 7.56. The van der Waals surface area contributed by atoms with Gasteiger partial charge in [0, 0.05) is 31.7 Å². The van der Waals surface area contributed by atoms with E-state index in [4.69, 9.17) is 0 Å². The van der Waals surface area contributed by atoms with Gasteiger partial charge in [0.05, 0.1) is 0 Å². The normalized spacial score (nSPS) is 16.0. The highest BCUT2D eigenvalue weighted by atomic mass is 127. The number of guanidine groups is 1. The molecular weight excluding hydrogens is 413 g/mol. The van der Waals surface area contributed by atoms with Gasteiger partial charge in [0.25, 0.3) is 0 Å². The summed E-state index contributed by atoms with van der Waals surface area (Å²) in [6, 6.07) is 3.91. The van der Waals surface area contributed by atoms with Crippen LogP contribution in [0.15, 0.2) is 23.2 Å². The van der Waals surface area contributed by atoms with E-state index in [1.165, 1.54) is 18.9 Å². The molecule has 4 nitrogen and oxygen atoms in total. The summed E-state index contributed by atoms with van der Waals surface area (Å²) >= 11 is 0. The Balaban J connectivity index is 0.00000264. The Labute approximate surface area is 153 Å². The Morgan fingerprint density at radius 1 is 1.30 bits per heavy atom. The number of nitrogens with zero attached hydrogens (tertiary/aromatic N) is 2. The van der Waals surface area contributed by atoms with Crippen molar-refractivity contribution in [1.82, 2.24) is 15.5 Å². The van der Waals surface area contributed by atoms with Crippen molar-refractivity contribution in [1.29, 1.82) is 0 Å². The second-order valence-corrected chi connectivity index (χ2v) is 5.91. The minimum absolute atomic E-state index is 0. The van der Waals surface area contributed by atoms with E-state index in [1.807, 2.05) is 0 Å². The van der Waals surface area contributed by atoms with Crippen LogP contribution in [0.25, 0.3) is 0 Å². The van der Waals surface area contributed by atoms with Crippen LogP contribution in [0.3, 0.4) is 0 Å². The van der Waals surface area contributed by atoms with Crippen molar-refractivity contribution < 1.29 is 8.78 Å². The number of hydrogen-bond acceptors (Lipinski definition) is 2. The number of rotatable bonds is 6. The molecule has 0 heterocycles. The van der Waals surface area contributed by atoms with Crippen LogP contribution in [0.5, 0.6) is 0 Å². The number of likely N-dealkylation sites (N-methyl/N-ethyl adjacent to an activating group) is 1. The minimum atomic E-state index is -0.442. The smallest absolute Gasteiger partial charge is 0.191 e. The van der Waals surface area contributed by atoms with Gasteiger partial charge in [-0.25, -0.2) is 8.78 Å². The molecule has 1 saturated carbocycles. The molecule has 7 heteroatoms. The summed E-state index contributed by atoms with van der Waals surface area (Å²) in [7, 11) is 5.81. The monoisotopic (exact) mass is 438 g/mol. The van der Waals surface area contributed by atoms with Gasteiger partial charge >= 0.3 is 0 Å². The Morgan fingerprint density at radius 2 is 2.00 bits per heavy atom. The quantitative estimate of drug-likeness (QED) is 0.408. The predicted molar refractivity (Wildman–Crippen MR) is 100 cm³/mol. The van der Waals surface area contributed by atoms with Crippen LogP contribution in [-0.2, 0) is 6.54 Å². The lowest BCUT2D eigenvalue weighted by atomic mass is 10.1. The summed E-state index contributed by atoms with van der Waals surface area (Å²) in [4.78, 5) is 6.34. The SMILES string of the molecule is CN=C(NCc1cc(F)ccc1F)NCC(C1CC1)N(C)C.I. The number of benzene rings is 1. The average Bonchev–Trinajstić information content (AvgIpc) is 3.30. The zero-order chi connectivity index (χ0) is 16.1. The third-order valence-electron chi connectivity index (χ3n) is 3.99. The summed E-state index contributed by atoms with van der Waals surface area (Å²) in [5.41, 5.74) is 0.286. The molecule has 1 aromatic rings. The van der Waals surface area contributed by atoms with Gasteiger partial charge in [-0.05, 0) is 51.1 Å². The molecule has 1 fully saturated rings. The standard InChI is InChI=1S/C16H24F2N4.HI/c1-19-16(21-10-15(22(2)3)11-4-5-11)20-9-12-8-13(17)6-7-14(12)18;/h6-8,11,15H,4-5,9-10H2,1-3H3,(H2,19,20,21);1H. The zero-order valence-electron chi connectivity index (χ0n) is 13.8. The van der Waals surface area contributed by atoms with E-state index in [9.17, 15) is 8.78 Å². The first-order valence-electron chi connectivity index (χ1n) is 7.56. The van der Waals surface area contributed by atoms with Crippen LogP contribution in [0.1, 0.15) is 18.4 Å². The molecule has 2 rings (SSSR count). The van der Waals surface area contributed by atoms with Gasteiger partial charge in [-0.15, -0.1) is 24.0 Å². The number of nitrogens with one attached hydrogen (secondary N) is 2. The molecule has 1 atom stereocenters. The molecule has 0 aromatic heterocycles. The lowest BCUT2D eigenvalue weighted by Crippen LogP contribution is -2.45. The lowest BCUT2D eigenvalue weighted by molar-refractivity contribution is 0.264. The van der Waals surface area contributed by atoms with Crippen LogP contribution in [-0.4, -0.2) is 44.6 Å². The molecule has 1 aromatic carbocycles. The van der Waals surface area contributed by atoms with Crippen molar-refractivity contribution >= 4 is 29.9 Å². The minimum Gasteiger partial charge on any atom is -0.355 e. The van der Waals surface area contributed by atoms with Gasteiger partial charge in [0.15, 0.2) is 5.96 Å². The van der Waals surface area contributed by atoms with E-state index in [0.717, 1.165) is 24.6 Å². The molecule has 0 bridgehead atoms. The van der Waals surface area contributed by atoms with Crippen molar-refractivity contribution in [3.63, 3.8) is 0 Å². The van der Waals surface area contributed by atoms with Crippen LogP contribution in [0, 0.1) is 17.6 Å². The van der Waals surface area contributed by atoms with Gasteiger partial charge in [-0.2, -0.15) is 0 Å². The fraction of sp³-hybridized carbons (Fsp3) is 0.562. The molecule has 0 amide bonds. The van der Waals surface area contributed by atoms with E-state index in [-0.39, 0.29) is 36.1 Å². The van der Waals surface area contributed by atoms with Gasteiger partial charge < -0.3 is 15.5 Å². The molecule has 1 unspecified atom stereocenters. The second-order valence-electron chi connectivity index (χ2n) is 5.91. The largest absolute Gasteiger partial charge is 0.355 e. The molecule has 0 saturated heterocycles. The van der Waals surface area contributed by atoms with E-state index < -0.39 is 11.6 Å². The van der Waals surface area contributed by atoms with Gasteiger partial charge in [-0.1, -0.05) is 0 Å². The maximum absolute atomic E-state index is 13.6. The molecular formula is C16H25F2IN4. The van der Waals surface area contributed by atoms with Crippen molar-refractivity contribution in [2.24, 2.45) is 10.9 Å². The summed E-state index contributed by atoms with van der Waals surface area (Å²) in [6.07, 6.45) is 2.54. The van der Waals surface area contributed by atoms with E-state index >= 15 is 0 Å². The third kappa shape index (κ3) is 6.21. The Hall–Kier alpha value is -0.960. The van der Waals surface area contributed by atoms with E-state index in [2.05, 4.69) is 34.6 Å². The molecule has 0 aliphatic heterocycles. The summed E-state index contributed by atoms with van der Waals surface area (Å²) < 4.78 is 26.7. The summed E-state index contributed by atoms with van der Waals surface area (Å²) in [6.45, 7) is 0.975. The van der Waals surface area contributed by atoms with Gasteiger partial charge in [-0.3, -0.25) is 4.99 Å². The highest BCUT2D eigenvalue weighted by Gasteiger charge is 2.32. The zero-order valence-corrected chi connectivity index (χ0v) is 16.1. The van der Waals surface area contributed by atoms with E-state index in [1.54, 1.807) is 7.05 Å². The predicted octanol–water partition coefficient (Wildman–Crippen LogP) is 2.59. The van der Waals surface area contributed by atoms with E-state index in [0.29, 0.717) is 12.0 Å². The first-order chi connectivity index (χ1) is 10.5. The highest BCUT2D eigenvalue weighted by Crippen LogP contribution is 2.34. The van der Waals surface area contributed by atoms with Crippen molar-refractivity contribution in [2.75, 3.05) is 27.7 Å². The number of hydrogen-bond donors (Lipinski definition) is 2. The Morgan fingerprint density at radius 3 is 2.57 bits per heavy atom. The lowest BCUT2D eigenvalue weighted by Gasteiger charge is -2.25. The molecule has 2 N–H and O–H groups in total. The van der Waals surface area contributed by atoms with Crippen molar-refractivity contribution in [2.45, 2.75) is 25.4 Å². The molecule has 130 valence electrons. The number of aliphatic imine (C=N–C) groups is 1. The van der Waals surface area contributed by atoms with Crippen LogP contribution >= 0.6 is 24.0 Å². The first kappa shape index (κ1) is 20.1. The topological polar surface area (TPSA) is 39.7 Å². The third-order valence-corrected chi connectivity index (χ3v) is 3.99.